The second-order valence-corrected chi connectivity index (χ2v) is 2.35. The lowest BCUT2D eigenvalue weighted by molar-refractivity contribution is -0.138. The van der Waals surface area contributed by atoms with Crippen molar-refractivity contribution in [1.82, 2.24) is 0 Å². The minimum absolute atomic E-state index is 0.224. The fraction of sp³-hybridized carbons (Fsp3) is 0.500. The van der Waals surface area contributed by atoms with Crippen molar-refractivity contribution in [3.8, 4) is 0 Å². The highest BCUT2D eigenvalue weighted by atomic mass is 16.5. The Kier molecular flexibility index (Phi) is 5.34. The molecule has 0 fully saturated rings. The number of unbranched alkanes of at least 4 members (excludes halogenated alkanes) is 1. The number of rotatable bonds is 6. The third-order valence-corrected chi connectivity index (χ3v) is 1.22. The van der Waals surface area contributed by atoms with Gasteiger partial charge in [-0.15, -0.1) is 0 Å². The second-order valence-electron chi connectivity index (χ2n) is 2.35. The average molecular weight is 188 g/mol. The van der Waals surface area contributed by atoms with Crippen LogP contribution in [0.25, 0.3) is 0 Å². The molecule has 0 atom stereocenters. The van der Waals surface area contributed by atoms with Crippen LogP contribution in [0.1, 0.15) is 19.8 Å². The van der Waals surface area contributed by atoms with E-state index < -0.39 is 17.7 Å². The van der Waals surface area contributed by atoms with Gasteiger partial charge in [-0.1, -0.05) is 13.3 Å². The molecule has 0 spiro atoms. The van der Waals surface area contributed by atoms with Crippen LogP contribution in [0.15, 0.2) is 11.8 Å². The normalized spacial score (nSPS) is 11.0. The third-order valence-electron chi connectivity index (χ3n) is 1.22. The van der Waals surface area contributed by atoms with Gasteiger partial charge in [0.1, 0.15) is 0 Å². The minimum atomic E-state index is -1.36. The summed E-state index contributed by atoms with van der Waals surface area (Å²) in [6, 6.07) is 0. The van der Waals surface area contributed by atoms with Crippen molar-refractivity contribution in [3.05, 3.63) is 11.8 Å². The molecular weight excluding hydrogens is 176 g/mol. The Hall–Kier alpha value is -1.52. The molecule has 5 nitrogen and oxygen atoms in total. The smallest absolute Gasteiger partial charge is 0.371 e. The van der Waals surface area contributed by atoms with Crippen molar-refractivity contribution in [3.63, 3.8) is 0 Å². The van der Waals surface area contributed by atoms with E-state index >= 15 is 0 Å². The Morgan fingerprint density at radius 3 is 2.38 bits per heavy atom. The number of carbonyl (C=O) groups is 2. The second kappa shape index (κ2) is 6.05. The molecule has 0 aliphatic carbocycles. The predicted octanol–water partition coefficient (Wildman–Crippen LogP) is 0.856. The van der Waals surface area contributed by atoms with E-state index in [1.165, 1.54) is 0 Å². The number of aliphatic carboxylic acids is 2. The first-order chi connectivity index (χ1) is 6.07. The van der Waals surface area contributed by atoms with Crippen molar-refractivity contribution < 1.29 is 24.5 Å². The molecule has 0 saturated carbocycles. The summed E-state index contributed by atoms with van der Waals surface area (Å²) in [5.41, 5.74) is 0. The lowest BCUT2D eigenvalue weighted by Gasteiger charge is -2.03. The largest absolute Gasteiger partial charge is 0.486 e. The lowest BCUT2D eigenvalue weighted by Crippen LogP contribution is -2.08. The summed E-state index contributed by atoms with van der Waals surface area (Å²) < 4.78 is 4.74. The number of hydrogen-bond donors (Lipinski definition) is 2. The van der Waals surface area contributed by atoms with Gasteiger partial charge in [-0.05, 0) is 6.42 Å². The molecule has 0 bridgehead atoms. The SMILES string of the molecule is CCCCOC(=CC(=O)O)C(=O)O. The molecule has 2 N–H and O–H groups in total. The summed E-state index contributed by atoms with van der Waals surface area (Å²) in [6.07, 6.45) is 2.10. The van der Waals surface area contributed by atoms with Gasteiger partial charge in [-0.2, -0.15) is 0 Å². The van der Waals surface area contributed by atoms with E-state index in [0.717, 1.165) is 6.42 Å². The van der Waals surface area contributed by atoms with Gasteiger partial charge in [0.15, 0.2) is 0 Å². The van der Waals surface area contributed by atoms with Gasteiger partial charge in [-0.3, -0.25) is 0 Å². The van der Waals surface area contributed by atoms with Crippen molar-refractivity contribution in [2.75, 3.05) is 6.61 Å². The molecule has 0 heterocycles. The Morgan fingerprint density at radius 2 is 2.00 bits per heavy atom. The summed E-state index contributed by atoms with van der Waals surface area (Å²) in [6.45, 7) is 2.15. The zero-order chi connectivity index (χ0) is 10.3. The third kappa shape index (κ3) is 5.72. The van der Waals surface area contributed by atoms with E-state index in [9.17, 15) is 9.59 Å². The molecule has 0 unspecified atom stereocenters. The van der Waals surface area contributed by atoms with Crippen LogP contribution in [-0.4, -0.2) is 28.8 Å². The molecule has 74 valence electrons. The summed E-state index contributed by atoms with van der Waals surface area (Å²) in [5, 5.41) is 16.7. The number of carboxylic acids is 2. The monoisotopic (exact) mass is 188 g/mol. The minimum Gasteiger partial charge on any atom is -0.486 e. The Bertz CT molecular complexity index is 219. The number of carboxylic acid groups (broad SMARTS) is 2. The fourth-order valence-corrected chi connectivity index (χ4v) is 0.604. The van der Waals surface area contributed by atoms with Crippen LogP contribution in [0.4, 0.5) is 0 Å². The first-order valence-electron chi connectivity index (χ1n) is 3.88. The molecule has 0 aliphatic rings. The van der Waals surface area contributed by atoms with E-state index in [1.807, 2.05) is 6.92 Å². The maximum absolute atomic E-state index is 10.4. The highest BCUT2D eigenvalue weighted by molar-refractivity contribution is 5.92. The van der Waals surface area contributed by atoms with Gasteiger partial charge in [-0.25, -0.2) is 9.59 Å². The summed E-state index contributed by atoms with van der Waals surface area (Å²) >= 11 is 0. The van der Waals surface area contributed by atoms with Crippen molar-refractivity contribution >= 4 is 11.9 Å². The molecule has 0 aromatic rings. The quantitative estimate of drug-likeness (QED) is 0.367. The van der Waals surface area contributed by atoms with Crippen LogP contribution in [0, 0.1) is 0 Å². The molecule has 13 heavy (non-hydrogen) atoms. The van der Waals surface area contributed by atoms with Gasteiger partial charge in [0.25, 0.3) is 0 Å². The molecule has 0 rings (SSSR count). The van der Waals surface area contributed by atoms with Gasteiger partial charge in [0.05, 0.1) is 12.7 Å². The highest BCUT2D eigenvalue weighted by Gasteiger charge is 2.10. The topological polar surface area (TPSA) is 83.8 Å². The summed E-state index contributed by atoms with van der Waals surface area (Å²) in [7, 11) is 0. The van der Waals surface area contributed by atoms with Crippen LogP contribution in [0.5, 0.6) is 0 Å². The number of hydrogen-bond acceptors (Lipinski definition) is 3. The fourth-order valence-electron chi connectivity index (χ4n) is 0.604. The van der Waals surface area contributed by atoms with Crippen LogP contribution >= 0.6 is 0 Å². The zero-order valence-corrected chi connectivity index (χ0v) is 7.32. The van der Waals surface area contributed by atoms with Crippen LogP contribution in [0.3, 0.4) is 0 Å². The van der Waals surface area contributed by atoms with Crippen molar-refractivity contribution in [1.29, 1.82) is 0 Å². The molecular formula is C8H12O5. The van der Waals surface area contributed by atoms with Gasteiger partial charge in [0.2, 0.25) is 5.76 Å². The van der Waals surface area contributed by atoms with E-state index in [4.69, 9.17) is 14.9 Å². The number of ether oxygens (including phenoxy) is 1. The van der Waals surface area contributed by atoms with E-state index in [0.29, 0.717) is 12.5 Å². The standard InChI is InChI=1S/C8H12O5/c1-2-3-4-13-6(8(11)12)5-7(9)10/h5H,2-4H2,1H3,(H,9,10)(H,11,12). The van der Waals surface area contributed by atoms with Gasteiger partial charge >= 0.3 is 11.9 Å². The summed E-state index contributed by atoms with van der Waals surface area (Å²) in [4.78, 5) is 20.5. The Balaban J connectivity index is 4.11. The van der Waals surface area contributed by atoms with Crippen molar-refractivity contribution in [2.45, 2.75) is 19.8 Å². The zero-order valence-electron chi connectivity index (χ0n) is 7.32. The van der Waals surface area contributed by atoms with E-state index in [2.05, 4.69) is 0 Å². The Labute approximate surface area is 75.6 Å². The summed E-state index contributed by atoms with van der Waals surface area (Å²) in [5.74, 6) is -3.21. The molecule has 0 amide bonds. The predicted molar refractivity (Wildman–Crippen MR) is 44.2 cm³/mol. The van der Waals surface area contributed by atoms with E-state index in [-0.39, 0.29) is 6.61 Å². The van der Waals surface area contributed by atoms with Gasteiger partial charge in [0, 0.05) is 0 Å². The van der Waals surface area contributed by atoms with Crippen LogP contribution in [-0.2, 0) is 14.3 Å². The molecule has 0 saturated heterocycles. The van der Waals surface area contributed by atoms with E-state index in [1.54, 1.807) is 0 Å². The average Bonchev–Trinajstić information content (AvgIpc) is 2.02. The van der Waals surface area contributed by atoms with Crippen LogP contribution < -0.4 is 0 Å². The molecule has 0 aromatic heterocycles. The highest BCUT2D eigenvalue weighted by Crippen LogP contribution is 2.00. The first kappa shape index (κ1) is 11.5. The maximum Gasteiger partial charge on any atom is 0.371 e. The first-order valence-corrected chi connectivity index (χ1v) is 3.88. The Morgan fingerprint density at radius 1 is 1.38 bits per heavy atom. The maximum atomic E-state index is 10.4. The van der Waals surface area contributed by atoms with Gasteiger partial charge < -0.3 is 14.9 Å². The van der Waals surface area contributed by atoms with Crippen LogP contribution in [0.2, 0.25) is 0 Å². The molecule has 0 aromatic carbocycles. The van der Waals surface area contributed by atoms with Crippen molar-refractivity contribution in [2.24, 2.45) is 0 Å². The molecule has 0 radical (unpaired) electrons. The lowest BCUT2D eigenvalue weighted by atomic mass is 10.3. The molecule has 5 heteroatoms. The molecule has 0 aliphatic heterocycles.